The third kappa shape index (κ3) is 7.88. The first-order valence-electron chi connectivity index (χ1n) is 13.5. The molecule has 1 saturated heterocycles. The standard InChI is InChI=1S/C32H38N4O2/c33-21-10-17-30-32(38)36(24-29(26-13-6-2-7-14-26)27-15-8-3-9-16-27)22-20-28(35-30)23-34-31(37)19-18-25-11-4-1-5-12-25/h1-9,11-16,18-19,28-30,35H,10,17,20-24,33H2,(H,34,37)/t28-,30-/m0/s1. The van der Waals surface area contributed by atoms with Gasteiger partial charge in [0, 0.05) is 37.7 Å². The van der Waals surface area contributed by atoms with Crippen LogP contribution >= 0.6 is 0 Å². The van der Waals surface area contributed by atoms with E-state index in [0.29, 0.717) is 32.6 Å². The molecule has 1 aliphatic rings. The van der Waals surface area contributed by atoms with Crippen LogP contribution in [0.25, 0.3) is 6.08 Å². The summed E-state index contributed by atoms with van der Waals surface area (Å²) in [7, 11) is 0. The van der Waals surface area contributed by atoms with Gasteiger partial charge in [0.1, 0.15) is 0 Å². The lowest BCUT2D eigenvalue weighted by Gasteiger charge is -2.29. The molecular weight excluding hydrogens is 472 g/mol. The lowest BCUT2D eigenvalue weighted by molar-refractivity contribution is -0.133. The number of benzene rings is 3. The van der Waals surface area contributed by atoms with Crippen LogP contribution in [-0.4, -0.2) is 55.0 Å². The fourth-order valence-corrected chi connectivity index (χ4v) is 4.97. The number of hydrogen-bond donors (Lipinski definition) is 3. The Hall–Kier alpha value is -3.74. The van der Waals surface area contributed by atoms with Crippen molar-refractivity contribution in [1.82, 2.24) is 15.5 Å². The number of nitrogens with one attached hydrogen (secondary N) is 2. The van der Waals surface area contributed by atoms with Crippen LogP contribution in [0.4, 0.5) is 0 Å². The quantitative estimate of drug-likeness (QED) is 0.341. The summed E-state index contributed by atoms with van der Waals surface area (Å²) in [6.07, 6.45) is 5.55. The number of hydrogen-bond acceptors (Lipinski definition) is 4. The van der Waals surface area contributed by atoms with Crippen LogP contribution in [0.15, 0.2) is 97.1 Å². The summed E-state index contributed by atoms with van der Waals surface area (Å²) in [6, 6.07) is 30.2. The van der Waals surface area contributed by atoms with Gasteiger partial charge in [0.05, 0.1) is 6.04 Å². The summed E-state index contributed by atoms with van der Waals surface area (Å²) in [5, 5.41) is 6.53. The van der Waals surface area contributed by atoms with Crippen molar-refractivity contribution in [1.29, 1.82) is 0 Å². The zero-order valence-electron chi connectivity index (χ0n) is 21.8. The maximum Gasteiger partial charge on any atom is 0.244 e. The van der Waals surface area contributed by atoms with Crippen LogP contribution < -0.4 is 16.4 Å². The average molecular weight is 511 g/mol. The van der Waals surface area contributed by atoms with Gasteiger partial charge in [0.25, 0.3) is 0 Å². The van der Waals surface area contributed by atoms with Crippen molar-refractivity contribution >= 4 is 17.9 Å². The Morgan fingerprint density at radius 2 is 1.58 bits per heavy atom. The highest BCUT2D eigenvalue weighted by atomic mass is 16.2. The maximum absolute atomic E-state index is 13.7. The minimum atomic E-state index is -0.324. The zero-order valence-corrected chi connectivity index (χ0v) is 21.8. The zero-order chi connectivity index (χ0) is 26.6. The first-order valence-corrected chi connectivity index (χ1v) is 13.5. The second kappa shape index (κ2) is 14.3. The van der Waals surface area contributed by atoms with Crippen molar-refractivity contribution in [2.24, 2.45) is 5.73 Å². The minimum absolute atomic E-state index is 0.00676. The molecule has 38 heavy (non-hydrogen) atoms. The van der Waals surface area contributed by atoms with Crippen molar-refractivity contribution in [3.63, 3.8) is 0 Å². The van der Waals surface area contributed by atoms with E-state index in [1.54, 1.807) is 12.2 Å². The Kier molecular flexibility index (Phi) is 10.2. The van der Waals surface area contributed by atoms with Gasteiger partial charge in [-0.25, -0.2) is 0 Å². The Morgan fingerprint density at radius 1 is 0.974 bits per heavy atom. The van der Waals surface area contributed by atoms with Gasteiger partial charge in [-0.1, -0.05) is 91.0 Å². The van der Waals surface area contributed by atoms with E-state index in [2.05, 4.69) is 34.9 Å². The van der Waals surface area contributed by atoms with Crippen LogP contribution in [-0.2, 0) is 9.59 Å². The first-order chi connectivity index (χ1) is 18.6. The Balaban J connectivity index is 1.45. The van der Waals surface area contributed by atoms with Crippen molar-refractivity contribution in [3.8, 4) is 0 Å². The van der Waals surface area contributed by atoms with E-state index in [4.69, 9.17) is 5.73 Å². The normalized spacial score (nSPS) is 18.1. The summed E-state index contributed by atoms with van der Waals surface area (Å²) in [5.74, 6) is 0.0406. The molecule has 1 fully saturated rings. The fraction of sp³-hybridized carbons (Fsp3) is 0.312. The van der Waals surface area contributed by atoms with E-state index in [1.807, 2.05) is 71.6 Å². The lowest BCUT2D eigenvalue weighted by Crippen LogP contribution is -2.49. The molecule has 6 nitrogen and oxygen atoms in total. The van der Waals surface area contributed by atoms with Crippen molar-refractivity contribution in [3.05, 3.63) is 114 Å². The highest BCUT2D eigenvalue weighted by Crippen LogP contribution is 2.27. The maximum atomic E-state index is 13.7. The van der Waals surface area contributed by atoms with Crippen molar-refractivity contribution in [2.75, 3.05) is 26.2 Å². The highest BCUT2D eigenvalue weighted by molar-refractivity contribution is 5.91. The molecule has 2 atom stereocenters. The molecule has 1 aliphatic heterocycles. The molecule has 0 radical (unpaired) electrons. The van der Waals surface area contributed by atoms with Gasteiger partial charge >= 0.3 is 0 Å². The summed E-state index contributed by atoms with van der Waals surface area (Å²) >= 11 is 0. The monoisotopic (exact) mass is 510 g/mol. The molecule has 0 aliphatic carbocycles. The summed E-state index contributed by atoms with van der Waals surface area (Å²) < 4.78 is 0. The van der Waals surface area contributed by atoms with E-state index < -0.39 is 0 Å². The van der Waals surface area contributed by atoms with E-state index in [9.17, 15) is 9.59 Å². The largest absolute Gasteiger partial charge is 0.351 e. The van der Waals surface area contributed by atoms with Crippen LogP contribution in [0.2, 0.25) is 0 Å². The third-order valence-corrected chi connectivity index (χ3v) is 7.05. The molecule has 1 heterocycles. The first kappa shape index (κ1) is 27.3. The summed E-state index contributed by atoms with van der Waals surface area (Å²) in [5.41, 5.74) is 9.15. The smallest absolute Gasteiger partial charge is 0.244 e. The van der Waals surface area contributed by atoms with Gasteiger partial charge in [-0.15, -0.1) is 0 Å². The Bertz CT molecular complexity index is 1130. The van der Waals surface area contributed by atoms with Crippen LogP contribution in [0, 0.1) is 0 Å². The van der Waals surface area contributed by atoms with Gasteiger partial charge in [-0.05, 0) is 48.6 Å². The molecule has 2 amide bonds. The molecular formula is C32H38N4O2. The third-order valence-electron chi connectivity index (χ3n) is 7.05. The second-order valence-electron chi connectivity index (χ2n) is 9.78. The number of amides is 2. The topological polar surface area (TPSA) is 87.5 Å². The van der Waals surface area contributed by atoms with Gasteiger partial charge in [0.15, 0.2) is 0 Å². The van der Waals surface area contributed by atoms with Gasteiger partial charge in [-0.2, -0.15) is 0 Å². The number of rotatable bonds is 11. The molecule has 6 heteroatoms. The molecule has 4 N–H and O–H groups in total. The molecule has 0 aromatic heterocycles. The Morgan fingerprint density at radius 3 is 2.18 bits per heavy atom. The molecule has 0 bridgehead atoms. The van der Waals surface area contributed by atoms with Crippen LogP contribution in [0.1, 0.15) is 41.9 Å². The van der Waals surface area contributed by atoms with E-state index in [0.717, 1.165) is 18.4 Å². The summed E-state index contributed by atoms with van der Waals surface area (Å²) in [4.78, 5) is 28.2. The number of nitrogens with zero attached hydrogens (tertiary/aromatic N) is 1. The predicted octanol–water partition coefficient (Wildman–Crippen LogP) is 3.95. The fourth-order valence-electron chi connectivity index (χ4n) is 4.97. The van der Waals surface area contributed by atoms with Gasteiger partial charge in [0.2, 0.25) is 11.8 Å². The highest BCUT2D eigenvalue weighted by Gasteiger charge is 2.32. The Labute approximate surface area is 225 Å². The van der Waals surface area contributed by atoms with E-state index in [1.165, 1.54) is 11.1 Å². The van der Waals surface area contributed by atoms with Gasteiger partial charge < -0.3 is 21.3 Å². The van der Waals surface area contributed by atoms with Gasteiger partial charge in [-0.3, -0.25) is 9.59 Å². The van der Waals surface area contributed by atoms with Crippen LogP contribution in [0.5, 0.6) is 0 Å². The summed E-state index contributed by atoms with van der Waals surface area (Å²) in [6.45, 7) is 2.22. The minimum Gasteiger partial charge on any atom is -0.351 e. The number of nitrogens with two attached hydrogens (primary N) is 1. The molecule has 0 unspecified atom stereocenters. The molecule has 0 saturated carbocycles. The lowest BCUT2D eigenvalue weighted by atomic mass is 9.90. The van der Waals surface area contributed by atoms with E-state index >= 15 is 0 Å². The molecule has 3 aromatic rings. The SMILES string of the molecule is NCCC[C@@H]1N[C@H](CNC(=O)C=Cc2ccccc2)CCN(CC(c2ccccc2)c2ccccc2)C1=O. The molecule has 4 rings (SSSR count). The number of carbonyl (C=O) groups excluding carboxylic acids is 2. The number of carbonyl (C=O) groups is 2. The molecule has 3 aromatic carbocycles. The van der Waals surface area contributed by atoms with E-state index in [-0.39, 0.29) is 29.8 Å². The van der Waals surface area contributed by atoms with Crippen molar-refractivity contribution < 1.29 is 9.59 Å². The van der Waals surface area contributed by atoms with Crippen molar-refractivity contribution in [2.45, 2.75) is 37.3 Å². The van der Waals surface area contributed by atoms with Crippen LogP contribution in [0.3, 0.4) is 0 Å². The second-order valence-corrected chi connectivity index (χ2v) is 9.78. The molecule has 198 valence electrons. The molecule has 0 spiro atoms. The average Bonchev–Trinajstić information content (AvgIpc) is 3.12. The predicted molar refractivity (Wildman–Crippen MR) is 153 cm³/mol.